The molecule has 2 aromatic heterocycles. The summed E-state index contributed by atoms with van der Waals surface area (Å²) in [5.74, 6) is 5.71. The Balaban J connectivity index is 1.71. The number of hydrogen-bond acceptors (Lipinski definition) is 4. The summed E-state index contributed by atoms with van der Waals surface area (Å²) in [6.07, 6.45) is 3.75. The van der Waals surface area contributed by atoms with E-state index in [1.807, 2.05) is 12.4 Å². The van der Waals surface area contributed by atoms with E-state index in [2.05, 4.69) is 70.7 Å². The first-order valence-corrected chi connectivity index (χ1v) is 9.69. The van der Waals surface area contributed by atoms with Crippen LogP contribution in [0.15, 0.2) is 30.6 Å². The number of benzene rings is 1. The first kappa shape index (κ1) is 18.5. The molecular formula is C23H26N4O. The summed E-state index contributed by atoms with van der Waals surface area (Å²) >= 11 is 0. The first-order chi connectivity index (χ1) is 13.6. The molecule has 0 amide bonds. The van der Waals surface area contributed by atoms with E-state index in [9.17, 15) is 0 Å². The lowest BCUT2D eigenvalue weighted by Crippen LogP contribution is -2.45. The molecule has 5 nitrogen and oxygen atoms in total. The van der Waals surface area contributed by atoms with Crippen LogP contribution >= 0.6 is 0 Å². The molecule has 0 bridgehead atoms. The van der Waals surface area contributed by atoms with Gasteiger partial charge in [0.25, 0.3) is 0 Å². The molecule has 3 heterocycles. The second kappa shape index (κ2) is 7.67. The van der Waals surface area contributed by atoms with Crippen LogP contribution in [0.2, 0.25) is 0 Å². The van der Waals surface area contributed by atoms with Crippen LogP contribution < -0.4 is 4.90 Å². The maximum absolute atomic E-state index is 8.97. The number of rotatable bonds is 2. The van der Waals surface area contributed by atoms with E-state index in [4.69, 9.17) is 5.11 Å². The van der Waals surface area contributed by atoms with Crippen molar-refractivity contribution < 1.29 is 5.11 Å². The summed E-state index contributed by atoms with van der Waals surface area (Å²) in [5.41, 5.74) is 7.89. The standard InChI is InChI=1S/C23H26N4O/c1-16-11-19(12-17(2)22(16)27-8-6-26(3)7-9-27)20-13-21-18(5-4-10-28)14-24-23(21)25-15-20/h11-15,28H,6-10H2,1-3H3,(H,24,25). The summed E-state index contributed by atoms with van der Waals surface area (Å²) in [7, 11) is 2.18. The summed E-state index contributed by atoms with van der Waals surface area (Å²) < 4.78 is 0. The van der Waals surface area contributed by atoms with Crippen LogP contribution in [0.3, 0.4) is 0 Å². The molecule has 28 heavy (non-hydrogen) atoms. The van der Waals surface area contributed by atoms with Gasteiger partial charge in [0.2, 0.25) is 0 Å². The van der Waals surface area contributed by atoms with Gasteiger partial charge in [0, 0.05) is 55.2 Å². The zero-order chi connectivity index (χ0) is 19.7. The van der Waals surface area contributed by atoms with Gasteiger partial charge in [0.05, 0.1) is 5.56 Å². The van der Waals surface area contributed by atoms with Crippen LogP contribution in [0.25, 0.3) is 22.2 Å². The number of piperazine rings is 1. The molecule has 1 aromatic carbocycles. The summed E-state index contributed by atoms with van der Waals surface area (Å²) in [4.78, 5) is 12.6. The molecule has 1 aliphatic rings. The highest BCUT2D eigenvalue weighted by Crippen LogP contribution is 2.32. The van der Waals surface area contributed by atoms with Gasteiger partial charge < -0.3 is 19.9 Å². The van der Waals surface area contributed by atoms with Crippen molar-refractivity contribution in [2.24, 2.45) is 0 Å². The van der Waals surface area contributed by atoms with Crippen molar-refractivity contribution in [2.45, 2.75) is 13.8 Å². The highest BCUT2D eigenvalue weighted by Gasteiger charge is 2.18. The Morgan fingerprint density at radius 1 is 1.07 bits per heavy atom. The molecule has 0 spiro atoms. The Hall–Kier alpha value is -2.81. The third-order valence-corrected chi connectivity index (χ3v) is 5.48. The van der Waals surface area contributed by atoms with Crippen molar-refractivity contribution in [2.75, 3.05) is 44.7 Å². The third kappa shape index (κ3) is 3.49. The Morgan fingerprint density at radius 2 is 1.79 bits per heavy atom. The molecule has 5 heteroatoms. The third-order valence-electron chi connectivity index (χ3n) is 5.48. The summed E-state index contributed by atoms with van der Waals surface area (Å²) in [5, 5.41) is 9.96. The molecule has 4 rings (SSSR count). The molecule has 1 fully saturated rings. The van der Waals surface area contributed by atoms with Gasteiger partial charge in [-0.25, -0.2) is 4.98 Å². The number of nitrogens with one attached hydrogen (secondary N) is 1. The van der Waals surface area contributed by atoms with Gasteiger partial charge in [-0.2, -0.15) is 0 Å². The number of aryl methyl sites for hydroxylation is 2. The fourth-order valence-corrected chi connectivity index (χ4v) is 4.05. The molecule has 3 aromatic rings. The molecule has 0 atom stereocenters. The minimum absolute atomic E-state index is 0.147. The van der Waals surface area contributed by atoms with Crippen molar-refractivity contribution in [1.82, 2.24) is 14.9 Å². The number of hydrogen-bond donors (Lipinski definition) is 2. The van der Waals surface area contributed by atoms with Crippen molar-refractivity contribution >= 4 is 16.7 Å². The average molecular weight is 374 g/mol. The second-order valence-electron chi connectivity index (χ2n) is 7.53. The topological polar surface area (TPSA) is 55.4 Å². The lowest BCUT2D eigenvalue weighted by Gasteiger charge is -2.36. The highest BCUT2D eigenvalue weighted by molar-refractivity contribution is 5.87. The molecule has 0 radical (unpaired) electrons. The van der Waals surface area contributed by atoms with Gasteiger partial charge >= 0.3 is 0 Å². The van der Waals surface area contributed by atoms with E-state index in [-0.39, 0.29) is 6.61 Å². The average Bonchev–Trinajstić information content (AvgIpc) is 3.09. The Kier molecular flexibility index (Phi) is 5.08. The number of nitrogens with zero attached hydrogens (tertiary/aromatic N) is 3. The van der Waals surface area contributed by atoms with Crippen LogP contribution in [-0.2, 0) is 0 Å². The number of aliphatic hydroxyl groups excluding tert-OH is 1. The predicted octanol–water partition coefficient (Wildman–Crippen LogP) is 2.94. The Morgan fingerprint density at radius 3 is 2.46 bits per heavy atom. The van der Waals surface area contributed by atoms with Crippen LogP contribution in [0.1, 0.15) is 16.7 Å². The number of fused-ring (bicyclic) bond motifs is 1. The number of aromatic nitrogens is 2. The van der Waals surface area contributed by atoms with Gasteiger partial charge in [-0.15, -0.1) is 0 Å². The van der Waals surface area contributed by atoms with Crippen LogP contribution in [0, 0.1) is 25.7 Å². The number of anilines is 1. The van der Waals surface area contributed by atoms with Gasteiger partial charge in [0.15, 0.2) is 0 Å². The maximum atomic E-state index is 8.97. The van der Waals surface area contributed by atoms with Crippen molar-refractivity contribution in [1.29, 1.82) is 0 Å². The van der Waals surface area contributed by atoms with Crippen molar-refractivity contribution in [3.8, 4) is 23.0 Å². The molecule has 2 N–H and O–H groups in total. The quantitative estimate of drug-likeness (QED) is 0.677. The minimum atomic E-state index is -0.147. The van der Waals surface area contributed by atoms with E-state index >= 15 is 0 Å². The van der Waals surface area contributed by atoms with Crippen molar-refractivity contribution in [3.05, 3.63) is 47.3 Å². The predicted molar refractivity (Wildman–Crippen MR) is 115 cm³/mol. The lowest BCUT2D eigenvalue weighted by atomic mass is 9.98. The van der Waals surface area contributed by atoms with Gasteiger partial charge in [-0.1, -0.05) is 11.8 Å². The normalized spacial score (nSPS) is 14.9. The summed E-state index contributed by atoms with van der Waals surface area (Å²) in [6, 6.07) is 6.65. The Bertz CT molecular complexity index is 1040. The zero-order valence-corrected chi connectivity index (χ0v) is 16.7. The minimum Gasteiger partial charge on any atom is -0.384 e. The van der Waals surface area contributed by atoms with E-state index < -0.39 is 0 Å². The first-order valence-electron chi connectivity index (χ1n) is 9.69. The summed E-state index contributed by atoms with van der Waals surface area (Å²) in [6.45, 7) is 8.60. The van der Waals surface area contributed by atoms with Gasteiger partial charge in [-0.3, -0.25) is 0 Å². The fourth-order valence-electron chi connectivity index (χ4n) is 4.05. The van der Waals surface area contributed by atoms with Gasteiger partial charge in [0.1, 0.15) is 12.3 Å². The van der Waals surface area contributed by atoms with E-state index in [0.717, 1.165) is 48.3 Å². The number of H-pyrrole nitrogens is 1. The van der Waals surface area contributed by atoms with E-state index in [1.54, 1.807) is 0 Å². The molecule has 144 valence electrons. The number of aromatic amines is 1. The maximum Gasteiger partial charge on any atom is 0.138 e. The largest absolute Gasteiger partial charge is 0.384 e. The molecule has 0 aliphatic carbocycles. The molecule has 0 saturated carbocycles. The molecule has 1 aliphatic heterocycles. The number of aliphatic hydroxyl groups is 1. The molecule has 1 saturated heterocycles. The van der Waals surface area contributed by atoms with E-state index in [0.29, 0.717) is 0 Å². The second-order valence-corrected chi connectivity index (χ2v) is 7.53. The van der Waals surface area contributed by atoms with E-state index in [1.165, 1.54) is 22.4 Å². The van der Waals surface area contributed by atoms with Crippen LogP contribution in [0.4, 0.5) is 5.69 Å². The lowest BCUT2D eigenvalue weighted by molar-refractivity contribution is 0.312. The monoisotopic (exact) mass is 374 g/mol. The fraction of sp³-hybridized carbons (Fsp3) is 0.348. The van der Waals surface area contributed by atoms with Gasteiger partial charge in [-0.05, 0) is 55.8 Å². The number of likely N-dealkylation sites (N-methyl/N-ethyl adjacent to an activating group) is 1. The highest BCUT2D eigenvalue weighted by atomic mass is 16.2. The smallest absolute Gasteiger partial charge is 0.138 e. The SMILES string of the molecule is Cc1cc(-c2cnc3[nH]cc(C#CCO)c3c2)cc(C)c1N1CCN(C)CC1. The zero-order valence-electron chi connectivity index (χ0n) is 16.7. The van der Waals surface area contributed by atoms with Crippen LogP contribution in [-0.4, -0.2) is 59.8 Å². The molecular weight excluding hydrogens is 348 g/mol. The van der Waals surface area contributed by atoms with Crippen molar-refractivity contribution in [3.63, 3.8) is 0 Å². The molecule has 0 unspecified atom stereocenters. The number of pyridine rings is 1. The Labute approximate surface area is 166 Å². The van der Waals surface area contributed by atoms with Crippen LogP contribution in [0.5, 0.6) is 0 Å².